The molecule has 0 amide bonds. The molecule has 15 heteroatoms. The van der Waals surface area contributed by atoms with Crippen LogP contribution in [0.4, 0.5) is 0 Å². The summed E-state index contributed by atoms with van der Waals surface area (Å²) >= 11 is -1.19. The first-order valence-electron chi connectivity index (χ1n) is 9.56. The van der Waals surface area contributed by atoms with Crippen LogP contribution in [-0.2, 0) is 44.1 Å². The molecule has 178 valence electrons. The van der Waals surface area contributed by atoms with Gasteiger partial charge in [0.25, 0.3) is 0 Å². The summed E-state index contributed by atoms with van der Waals surface area (Å²) in [6.07, 6.45) is 0. The molecule has 5 heterocycles. The summed E-state index contributed by atoms with van der Waals surface area (Å²) in [7, 11) is -3.39. The smallest absolute Gasteiger partial charge is 0.338 e. The number of nitrogens with zero attached hydrogens (tertiary/aromatic N) is 2. The van der Waals surface area contributed by atoms with E-state index in [1.807, 2.05) is 4.31 Å². The predicted octanol–water partition coefficient (Wildman–Crippen LogP) is -2.35. The van der Waals surface area contributed by atoms with Gasteiger partial charge in [0.15, 0.2) is 0 Å². The van der Waals surface area contributed by atoms with Crippen molar-refractivity contribution in [2.75, 3.05) is 79.1 Å². The van der Waals surface area contributed by atoms with E-state index < -0.39 is 21.6 Å². The Labute approximate surface area is 185 Å². The minimum atomic E-state index is -3.39. The van der Waals surface area contributed by atoms with Crippen molar-refractivity contribution in [1.29, 1.82) is 0 Å². The molecule has 0 saturated carbocycles. The van der Waals surface area contributed by atoms with Gasteiger partial charge in [-0.15, -0.1) is 12.4 Å². The molecule has 0 spiro atoms. The number of rotatable bonds is 1. The van der Waals surface area contributed by atoms with Crippen LogP contribution < -0.4 is 5.32 Å². The maximum Gasteiger partial charge on any atom is 0.338 e. The first-order chi connectivity index (χ1) is 14.0. The van der Waals surface area contributed by atoms with E-state index in [4.69, 9.17) is 23.5 Å². The average Bonchev–Trinajstić information content (AvgIpc) is 3.30. The van der Waals surface area contributed by atoms with Gasteiger partial charge in [0.05, 0.1) is 77.6 Å². The van der Waals surface area contributed by atoms with Crippen LogP contribution >= 0.6 is 12.4 Å². The van der Waals surface area contributed by atoms with Crippen LogP contribution in [0.1, 0.15) is 0 Å². The lowest BCUT2D eigenvalue weighted by atomic mass is 10.3. The van der Waals surface area contributed by atoms with E-state index in [-0.39, 0.29) is 43.7 Å². The second kappa shape index (κ2) is 12.9. The number of hydrogen-bond acceptors (Lipinski definition) is 10. The Kier molecular flexibility index (Phi) is 11.3. The van der Waals surface area contributed by atoms with Crippen molar-refractivity contribution in [3.05, 3.63) is 0 Å². The Morgan fingerprint density at radius 2 is 1.67 bits per heavy atom. The van der Waals surface area contributed by atoms with Gasteiger partial charge in [0.1, 0.15) is 0 Å². The number of aliphatic hydroxyl groups is 1. The second-order valence-electron chi connectivity index (χ2n) is 6.86. The van der Waals surface area contributed by atoms with E-state index in [0.29, 0.717) is 46.2 Å². The van der Waals surface area contributed by atoms with Crippen LogP contribution in [0.5, 0.6) is 0 Å². The largest absolute Gasteiger partial charge is 0.395 e. The maximum atomic E-state index is 11.0. The fourth-order valence-electron chi connectivity index (χ4n) is 3.21. The van der Waals surface area contributed by atoms with Gasteiger partial charge >= 0.3 is 10.3 Å². The van der Waals surface area contributed by atoms with E-state index in [9.17, 15) is 12.6 Å². The zero-order valence-electron chi connectivity index (χ0n) is 16.5. The molecule has 5 aliphatic rings. The van der Waals surface area contributed by atoms with Crippen molar-refractivity contribution in [2.45, 2.75) is 18.1 Å². The Balaban J connectivity index is 0.000000160. The van der Waals surface area contributed by atoms with Crippen LogP contribution in [-0.4, -0.2) is 124 Å². The molecule has 2 N–H and O–H groups in total. The lowest BCUT2D eigenvalue weighted by Crippen LogP contribution is -2.43. The topological polar surface area (TPSA) is 136 Å². The first kappa shape index (κ1) is 26.3. The van der Waals surface area contributed by atoms with E-state index in [1.165, 1.54) is 4.31 Å². The van der Waals surface area contributed by atoms with Gasteiger partial charge in [-0.25, -0.2) is 4.21 Å². The molecule has 0 aliphatic carbocycles. The minimum absolute atomic E-state index is 0. The van der Waals surface area contributed by atoms with E-state index in [0.717, 1.165) is 19.7 Å². The highest BCUT2D eigenvalue weighted by Gasteiger charge is 2.40. The average molecular weight is 496 g/mol. The van der Waals surface area contributed by atoms with E-state index >= 15 is 0 Å². The van der Waals surface area contributed by atoms with Crippen molar-refractivity contribution in [2.24, 2.45) is 0 Å². The van der Waals surface area contributed by atoms with Crippen LogP contribution in [0.3, 0.4) is 0 Å². The number of fused-ring (bicyclic) bond motifs is 2. The lowest BCUT2D eigenvalue weighted by Gasteiger charge is -2.24. The van der Waals surface area contributed by atoms with Crippen molar-refractivity contribution in [3.8, 4) is 0 Å². The van der Waals surface area contributed by atoms with Crippen LogP contribution in [0.25, 0.3) is 0 Å². The van der Waals surface area contributed by atoms with Crippen LogP contribution in [0.15, 0.2) is 0 Å². The van der Waals surface area contributed by atoms with Gasteiger partial charge in [0.2, 0.25) is 11.3 Å². The fraction of sp³-hybridized carbons (Fsp3) is 1.00. The molecule has 0 radical (unpaired) electrons. The quantitative estimate of drug-likeness (QED) is 0.406. The molecule has 30 heavy (non-hydrogen) atoms. The Morgan fingerprint density at radius 3 is 2.27 bits per heavy atom. The molecular formula is C15H30ClN3O9S2. The number of halogens is 1. The van der Waals surface area contributed by atoms with Crippen molar-refractivity contribution >= 4 is 34.0 Å². The molecule has 5 aliphatic heterocycles. The van der Waals surface area contributed by atoms with Crippen molar-refractivity contribution in [1.82, 2.24) is 13.9 Å². The normalized spacial score (nSPS) is 35.5. The Hall–Kier alpha value is 0.0300. The summed E-state index contributed by atoms with van der Waals surface area (Å²) in [5.74, 6) is 0. The van der Waals surface area contributed by atoms with Crippen LogP contribution in [0, 0.1) is 0 Å². The molecule has 0 bridgehead atoms. The van der Waals surface area contributed by atoms with E-state index in [1.54, 1.807) is 0 Å². The zero-order valence-corrected chi connectivity index (χ0v) is 19.0. The summed E-state index contributed by atoms with van der Waals surface area (Å²) in [5.41, 5.74) is 0. The third-order valence-corrected chi connectivity index (χ3v) is 7.51. The number of nitrogens with one attached hydrogen (secondary N) is 1. The highest BCUT2D eigenvalue weighted by Crippen LogP contribution is 2.21. The lowest BCUT2D eigenvalue weighted by molar-refractivity contribution is 0.0378. The van der Waals surface area contributed by atoms with Crippen LogP contribution in [0.2, 0.25) is 0 Å². The third kappa shape index (κ3) is 7.28. The maximum absolute atomic E-state index is 11.0. The van der Waals surface area contributed by atoms with Gasteiger partial charge in [-0.05, 0) is 0 Å². The SMILES string of the molecule is Cl.O=S1(=O)OC[C@@H]2COCCN21.O=S1OC[C@@H]2COCCN21.OC[C@@H]1COCCN1. The highest BCUT2D eigenvalue weighted by atomic mass is 35.5. The van der Waals surface area contributed by atoms with Gasteiger partial charge in [-0.3, -0.25) is 8.37 Å². The van der Waals surface area contributed by atoms with Crippen molar-refractivity contribution < 1.29 is 40.3 Å². The molecule has 0 aromatic carbocycles. The molecule has 5 rings (SSSR count). The first-order valence-corrected chi connectivity index (χ1v) is 12.0. The third-order valence-electron chi connectivity index (χ3n) is 4.82. The molecular weight excluding hydrogens is 466 g/mol. The van der Waals surface area contributed by atoms with Gasteiger partial charge < -0.3 is 24.6 Å². The predicted molar refractivity (Wildman–Crippen MR) is 109 cm³/mol. The minimum Gasteiger partial charge on any atom is -0.395 e. The Morgan fingerprint density at radius 1 is 0.967 bits per heavy atom. The number of morpholine rings is 3. The zero-order chi connectivity index (χ0) is 20.7. The molecule has 0 aromatic rings. The van der Waals surface area contributed by atoms with Gasteiger partial charge in [-0.2, -0.15) is 17.0 Å². The summed E-state index contributed by atoms with van der Waals surface area (Å²) in [6.45, 7) is 6.67. The second-order valence-corrected chi connectivity index (χ2v) is 9.56. The Bertz CT molecular complexity index is 639. The van der Waals surface area contributed by atoms with Crippen molar-refractivity contribution in [3.63, 3.8) is 0 Å². The summed E-state index contributed by atoms with van der Waals surface area (Å²) in [6, 6.07) is 0.312. The molecule has 5 fully saturated rings. The number of aliphatic hydroxyl groups excluding tert-OH is 1. The summed E-state index contributed by atoms with van der Waals surface area (Å²) in [5, 5.41) is 11.6. The van der Waals surface area contributed by atoms with Gasteiger partial charge in [0, 0.05) is 19.6 Å². The molecule has 12 nitrogen and oxygen atoms in total. The molecule has 0 aromatic heterocycles. The number of hydrogen-bond donors (Lipinski definition) is 2. The molecule has 4 atom stereocenters. The monoisotopic (exact) mass is 495 g/mol. The standard InChI is InChI=1S/C5H9NO4S.C5H9NO3S.C5H11NO2.ClH/c7-11(8)6-1-2-9-3-5(6)4-10-11;7-10-6-1-2-8-3-5(6)4-9-10;7-3-5-4-8-2-1-6-5;/h5H,1-4H2;5H,1-4H2;5-7H,1-4H2;1H/t5-;5-,10?;5-;/m001./s1. The summed E-state index contributed by atoms with van der Waals surface area (Å²) < 4.78 is 61.1. The fourth-order valence-corrected chi connectivity index (χ4v) is 5.45. The molecule has 5 saturated heterocycles. The van der Waals surface area contributed by atoms with Gasteiger partial charge in [-0.1, -0.05) is 0 Å². The van der Waals surface area contributed by atoms with E-state index in [2.05, 4.69) is 9.50 Å². The number of ether oxygens (including phenoxy) is 3. The highest BCUT2D eigenvalue weighted by molar-refractivity contribution is 7.84. The molecule has 1 unspecified atom stereocenters. The summed E-state index contributed by atoms with van der Waals surface area (Å²) in [4.78, 5) is 0.